The Hall–Kier alpha value is -3.58. The second-order valence-corrected chi connectivity index (χ2v) is 8.56. The minimum Gasteiger partial charge on any atom is -0.507 e. The molecule has 1 aliphatic rings. The number of amides is 1. The van der Waals surface area contributed by atoms with Crippen LogP contribution in [0.3, 0.4) is 0 Å². The second-order valence-electron chi connectivity index (χ2n) is 8.12. The molecule has 1 unspecified atom stereocenters. The Kier molecular flexibility index (Phi) is 7.33. The van der Waals surface area contributed by atoms with E-state index in [1.807, 2.05) is 54.5 Å². The van der Waals surface area contributed by atoms with Crippen molar-refractivity contribution in [3.63, 3.8) is 0 Å². The van der Waals surface area contributed by atoms with Crippen molar-refractivity contribution in [2.24, 2.45) is 0 Å². The number of nitrogens with zero attached hydrogens (tertiary/aromatic N) is 2. The van der Waals surface area contributed by atoms with E-state index in [4.69, 9.17) is 16.3 Å². The summed E-state index contributed by atoms with van der Waals surface area (Å²) >= 11 is 5.98. The number of hydrogen-bond acceptors (Lipinski definition) is 4. The van der Waals surface area contributed by atoms with E-state index in [1.54, 1.807) is 29.2 Å². The molecule has 1 fully saturated rings. The van der Waals surface area contributed by atoms with Crippen molar-refractivity contribution < 1.29 is 24.0 Å². The van der Waals surface area contributed by atoms with Gasteiger partial charge in [-0.1, -0.05) is 30.7 Å². The van der Waals surface area contributed by atoms with Gasteiger partial charge < -0.3 is 14.7 Å². The zero-order chi connectivity index (χ0) is 24.1. The minimum absolute atomic E-state index is 0.0730. The number of carbonyl (C=O) groups is 2. The van der Waals surface area contributed by atoms with Gasteiger partial charge in [-0.05, 0) is 48.4 Å². The lowest BCUT2D eigenvalue weighted by atomic mass is 9.95. The fourth-order valence-electron chi connectivity index (χ4n) is 4.07. The maximum absolute atomic E-state index is 13.1. The molecule has 34 heavy (non-hydrogen) atoms. The Morgan fingerprint density at radius 1 is 1.15 bits per heavy atom. The third-order valence-corrected chi connectivity index (χ3v) is 6.00. The Bertz CT molecular complexity index is 1170. The molecule has 4 rings (SSSR count). The summed E-state index contributed by atoms with van der Waals surface area (Å²) in [6.07, 6.45) is 7.09. The number of benzene rings is 2. The van der Waals surface area contributed by atoms with Crippen LogP contribution in [-0.2, 0) is 16.1 Å². The first-order valence-corrected chi connectivity index (χ1v) is 11.7. The Labute approximate surface area is 203 Å². The average Bonchev–Trinajstić information content (AvgIpc) is 3.45. The van der Waals surface area contributed by atoms with Crippen LogP contribution in [0.5, 0.6) is 5.75 Å². The molecule has 0 aliphatic carbocycles. The van der Waals surface area contributed by atoms with Gasteiger partial charge in [0, 0.05) is 23.6 Å². The molecule has 1 aromatic heterocycles. The highest BCUT2D eigenvalue weighted by Gasteiger charge is 2.45. The summed E-state index contributed by atoms with van der Waals surface area (Å²) in [6, 6.07) is 13.2. The minimum atomic E-state index is -0.702. The first-order chi connectivity index (χ1) is 16.5. The molecule has 1 amide bonds. The van der Waals surface area contributed by atoms with Crippen molar-refractivity contribution in [2.45, 2.75) is 32.4 Å². The molecule has 7 nitrogen and oxygen atoms in total. The van der Waals surface area contributed by atoms with E-state index in [0.717, 1.165) is 12.0 Å². The standard InChI is InChI=1S/C26H26ClN3O4/c1-2-16-34-21-10-6-18(7-11-21)23-22(24(31)19-4-8-20(27)9-5-19)25(32)26(33)30(23)14-3-13-29-15-12-28-17-29/h4-12,15,17,23H,2-3,13-14,16H2,1H3,(H,31,32)/p+1. The van der Waals surface area contributed by atoms with E-state index in [1.165, 1.54) is 0 Å². The summed E-state index contributed by atoms with van der Waals surface area (Å²) in [6.45, 7) is 3.68. The van der Waals surface area contributed by atoms with E-state index in [-0.39, 0.29) is 11.3 Å². The normalized spacial score (nSPS) is 17.4. The Morgan fingerprint density at radius 3 is 2.53 bits per heavy atom. The van der Waals surface area contributed by atoms with Gasteiger partial charge in [0.25, 0.3) is 11.7 Å². The lowest BCUT2D eigenvalue weighted by Gasteiger charge is -2.25. The number of likely N-dealkylation sites (tertiary alicyclic amines) is 1. The van der Waals surface area contributed by atoms with Crippen LogP contribution in [0.25, 0.3) is 5.76 Å². The number of aliphatic hydroxyl groups is 1. The number of aryl methyl sites for hydroxylation is 1. The maximum atomic E-state index is 13.1. The summed E-state index contributed by atoms with van der Waals surface area (Å²) in [5, 5.41) is 11.6. The Morgan fingerprint density at radius 2 is 1.88 bits per heavy atom. The quantitative estimate of drug-likeness (QED) is 0.207. The molecule has 0 saturated carbocycles. The van der Waals surface area contributed by atoms with Crippen molar-refractivity contribution in [1.82, 2.24) is 9.88 Å². The number of Topliss-reactive ketones (excluding diaryl/α,β-unsaturated/α-hetero) is 1. The highest BCUT2D eigenvalue weighted by atomic mass is 35.5. The van der Waals surface area contributed by atoms with Crippen LogP contribution >= 0.6 is 11.6 Å². The van der Waals surface area contributed by atoms with Crippen molar-refractivity contribution in [3.8, 4) is 5.75 Å². The maximum Gasteiger partial charge on any atom is 0.295 e. The Balaban J connectivity index is 1.69. The molecule has 0 spiro atoms. The number of aromatic amines is 1. The smallest absolute Gasteiger partial charge is 0.295 e. The topological polar surface area (TPSA) is 86.5 Å². The molecule has 0 bridgehead atoms. The number of ketones is 1. The van der Waals surface area contributed by atoms with Crippen molar-refractivity contribution in [3.05, 3.63) is 89.0 Å². The first kappa shape index (κ1) is 23.6. The monoisotopic (exact) mass is 480 g/mol. The van der Waals surface area contributed by atoms with Crippen LogP contribution in [0.1, 0.15) is 36.9 Å². The van der Waals surface area contributed by atoms with E-state index in [2.05, 4.69) is 4.98 Å². The predicted molar refractivity (Wildman–Crippen MR) is 128 cm³/mol. The van der Waals surface area contributed by atoms with Crippen LogP contribution in [0.15, 0.2) is 72.8 Å². The van der Waals surface area contributed by atoms with Gasteiger partial charge in [0.15, 0.2) is 0 Å². The molecule has 0 radical (unpaired) electrons. The molecule has 1 aliphatic heterocycles. The van der Waals surface area contributed by atoms with Gasteiger partial charge in [0.2, 0.25) is 6.33 Å². The largest absolute Gasteiger partial charge is 0.507 e. The number of aliphatic hydroxyl groups excluding tert-OH is 1. The summed E-state index contributed by atoms with van der Waals surface area (Å²) in [7, 11) is 0. The summed E-state index contributed by atoms with van der Waals surface area (Å²) < 4.78 is 7.65. The molecule has 1 saturated heterocycles. The van der Waals surface area contributed by atoms with Crippen molar-refractivity contribution >= 4 is 29.1 Å². The molecule has 176 valence electrons. The van der Waals surface area contributed by atoms with Crippen LogP contribution in [0.2, 0.25) is 5.02 Å². The number of carbonyl (C=O) groups excluding carboxylic acids is 2. The van der Waals surface area contributed by atoms with Crippen molar-refractivity contribution in [2.75, 3.05) is 13.2 Å². The predicted octanol–water partition coefficient (Wildman–Crippen LogP) is 4.26. The fourth-order valence-corrected chi connectivity index (χ4v) is 4.20. The van der Waals surface area contributed by atoms with Crippen LogP contribution in [0.4, 0.5) is 0 Å². The summed E-state index contributed by atoms with van der Waals surface area (Å²) in [4.78, 5) is 30.7. The SMILES string of the molecule is CCCOc1ccc(C2/C(=C(\O)c3ccc(Cl)cc3)C(=O)C(=O)N2CCC[n+]2cc[nH]c2)cc1. The zero-order valence-electron chi connectivity index (χ0n) is 18.9. The molecule has 2 aromatic carbocycles. The summed E-state index contributed by atoms with van der Waals surface area (Å²) in [5.41, 5.74) is 1.23. The molecule has 3 aromatic rings. The van der Waals surface area contributed by atoms with Gasteiger partial charge in [-0.15, -0.1) is 0 Å². The number of H-pyrrole nitrogens is 1. The van der Waals surface area contributed by atoms with Crippen LogP contribution in [-0.4, -0.2) is 39.8 Å². The number of rotatable bonds is 9. The molecular weight excluding hydrogens is 454 g/mol. The van der Waals surface area contributed by atoms with E-state index in [0.29, 0.717) is 42.5 Å². The first-order valence-electron chi connectivity index (χ1n) is 11.3. The van der Waals surface area contributed by atoms with Gasteiger partial charge >= 0.3 is 0 Å². The third kappa shape index (κ3) is 4.99. The third-order valence-electron chi connectivity index (χ3n) is 5.74. The van der Waals surface area contributed by atoms with Gasteiger partial charge in [-0.3, -0.25) is 14.6 Å². The van der Waals surface area contributed by atoms with E-state index < -0.39 is 17.7 Å². The van der Waals surface area contributed by atoms with Gasteiger partial charge in [-0.25, -0.2) is 4.57 Å². The second kappa shape index (κ2) is 10.6. The van der Waals surface area contributed by atoms with E-state index in [9.17, 15) is 14.7 Å². The van der Waals surface area contributed by atoms with Gasteiger partial charge in [-0.2, -0.15) is 0 Å². The summed E-state index contributed by atoms with van der Waals surface area (Å²) in [5.74, 6) is -0.818. The number of nitrogens with one attached hydrogen (secondary N) is 1. The van der Waals surface area contributed by atoms with Crippen LogP contribution in [0, 0.1) is 0 Å². The number of hydrogen-bond donors (Lipinski definition) is 2. The number of ether oxygens (including phenoxy) is 1. The van der Waals surface area contributed by atoms with Crippen LogP contribution < -0.4 is 9.30 Å². The molecular formula is C26H27ClN3O4+. The molecule has 8 heteroatoms. The number of aromatic nitrogens is 2. The van der Waals surface area contributed by atoms with Crippen molar-refractivity contribution in [1.29, 1.82) is 0 Å². The average molecular weight is 481 g/mol. The number of imidazole rings is 1. The lowest BCUT2D eigenvalue weighted by molar-refractivity contribution is -0.695. The fraction of sp³-hybridized carbons (Fsp3) is 0.269. The highest BCUT2D eigenvalue weighted by molar-refractivity contribution is 6.46. The van der Waals surface area contributed by atoms with Gasteiger partial charge in [0.1, 0.15) is 23.9 Å². The highest BCUT2D eigenvalue weighted by Crippen LogP contribution is 2.40. The molecule has 1 atom stereocenters. The zero-order valence-corrected chi connectivity index (χ0v) is 19.7. The van der Waals surface area contributed by atoms with E-state index >= 15 is 0 Å². The van der Waals surface area contributed by atoms with Gasteiger partial charge in [0.05, 0.1) is 24.8 Å². The lowest BCUT2D eigenvalue weighted by Crippen LogP contribution is -2.36. The molecule has 2 N–H and O–H groups in total. The molecule has 2 heterocycles. The number of halogens is 1.